The average molecular weight is 409 g/mol. The molecule has 0 spiro atoms. The molecule has 30 heavy (non-hydrogen) atoms. The van der Waals surface area contributed by atoms with E-state index < -0.39 is 30.0 Å². The number of ether oxygens (including phenoxy) is 2. The quantitative estimate of drug-likeness (QED) is 0.743. The minimum absolute atomic E-state index is 0.178. The fourth-order valence-electron chi connectivity index (χ4n) is 3.32. The Morgan fingerprint density at radius 2 is 1.80 bits per heavy atom. The molecule has 2 aromatic carbocycles. The minimum Gasteiger partial charge on any atom is -0.478 e. The van der Waals surface area contributed by atoms with Crippen molar-refractivity contribution in [3.05, 3.63) is 48.5 Å². The van der Waals surface area contributed by atoms with Gasteiger partial charge in [0.2, 0.25) is 5.91 Å². The second kappa shape index (κ2) is 7.86. The Morgan fingerprint density at radius 1 is 1.10 bits per heavy atom. The van der Waals surface area contributed by atoms with Crippen molar-refractivity contribution in [1.29, 1.82) is 0 Å². The summed E-state index contributed by atoms with van der Waals surface area (Å²) in [5.74, 6) is -1.65. The van der Waals surface area contributed by atoms with Crippen molar-refractivity contribution in [3.8, 4) is 5.75 Å². The standard InChI is InChI=1S/C21H19N3O6/c1-12(21(28)24-11-18(25)22-13-6-2-4-8-15(13)24)29-19(26)10-17-20(27)23-14-7-3-5-9-16(14)30-17/h2-9,12,17H,10-11H2,1H3,(H,22,25)(H,23,27)/t12-,17-/m0/s1. The van der Waals surface area contributed by atoms with Gasteiger partial charge in [-0.3, -0.25) is 24.1 Å². The van der Waals surface area contributed by atoms with E-state index in [4.69, 9.17) is 9.47 Å². The fraction of sp³-hybridized carbons (Fsp3) is 0.238. The van der Waals surface area contributed by atoms with Crippen molar-refractivity contribution in [2.24, 2.45) is 0 Å². The van der Waals surface area contributed by atoms with Gasteiger partial charge in [-0.25, -0.2) is 0 Å². The molecule has 2 aliphatic heterocycles. The van der Waals surface area contributed by atoms with Crippen molar-refractivity contribution >= 4 is 40.8 Å². The van der Waals surface area contributed by atoms with Gasteiger partial charge >= 0.3 is 5.97 Å². The van der Waals surface area contributed by atoms with Gasteiger partial charge in [-0.2, -0.15) is 0 Å². The minimum atomic E-state index is -1.14. The van der Waals surface area contributed by atoms with Crippen molar-refractivity contribution in [3.63, 3.8) is 0 Å². The van der Waals surface area contributed by atoms with Crippen LogP contribution in [0.15, 0.2) is 48.5 Å². The summed E-state index contributed by atoms with van der Waals surface area (Å²) in [6.45, 7) is 1.25. The van der Waals surface area contributed by atoms with Crippen LogP contribution in [-0.2, 0) is 23.9 Å². The van der Waals surface area contributed by atoms with Crippen LogP contribution in [0.5, 0.6) is 5.75 Å². The van der Waals surface area contributed by atoms with Gasteiger partial charge in [0.25, 0.3) is 11.8 Å². The molecule has 0 saturated heterocycles. The van der Waals surface area contributed by atoms with E-state index in [1.807, 2.05) is 0 Å². The first-order chi connectivity index (χ1) is 14.4. The highest BCUT2D eigenvalue weighted by molar-refractivity contribution is 6.11. The molecule has 0 saturated carbocycles. The molecule has 0 unspecified atom stereocenters. The maximum atomic E-state index is 12.8. The van der Waals surface area contributed by atoms with Gasteiger partial charge in [0.05, 0.1) is 23.5 Å². The number of benzene rings is 2. The topological polar surface area (TPSA) is 114 Å². The van der Waals surface area contributed by atoms with E-state index in [2.05, 4.69) is 10.6 Å². The molecule has 3 amide bonds. The predicted octanol–water partition coefficient (Wildman–Crippen LogP) is 1.69. The number of nitrogens with one attached hydrogen (secondary N) is 2. The Morgan fingerprint density at radius 3 is 2.60 bits per heavy atom. The molecule has 2 atom stereocenters. The number of anilines is 3. The first-order valence-corrected chi connectivity index (χ1v) is 9.38. The molecule has 0 radical (unpaired) electrons. The maximum absolute atomic E-state index is 12.8. The Kier molecular flexibility index (Phi) is 5.09. The zero-order chi connectivity index (χ0) is 21.3. The number of para-hydroxylation sites is 4. The molecule has 9 heteroatoms. The number of esters is 1. The van der Waals surface area contributed by atoms with E-state index in [9.17, 15) is 19.2 Å². The number of carbonyl (C=O) groups excluding carboxylic acids is 4. The molecule has 2 N–H and O–H groups in total. The van der Waals surface area contributed by atoms with E-state index in [0.29, 0.717) is 22.8 Å². The van der Waals surface area contributed by atoms with Gasteiger partial charge < -0.3 is 20.1 Å². The third-order valence-corrected chi connectivity index (χ3v) is 4.75. The lowest BCUT2D eigenvalue weighted by Gasteiger charge is -2.31. The SMILES string of the molecule is C[C@H](OC(=O)C[C@@H]1Oc2ccccc2NC1=O)C(=O)N1CC(=O)Nc2ccccc21. The number of hydrogen-bond donors (Lipinski definition) is 2. The summed E-state index contributed by atoms with van der Waals surface area (Å²) in [6, 6.07) is 13.7. The Hall–Kier alpha value is -3.88. The lowest BCUT2D eigenvalue weighted by molar-refractivity contribution is -0.156. The molecule has 9 nitrogen and oxygen atoms in total. The molecular weight excluding hydrogens is 390 g/mol. The lowest BCUT2D eigenvalue weighted by atomic mass is 10.1. The van der Waals surface area contributed by atoms with Crippen LogP contribution in [0.3, 0.4) is 0 Å². The Balaban J connectivity index is 1.40. The van der Waals surface area contributed by atoms with Crippen LogP contribution in [0.25, 0.3) is 0 Å². The highest BCUT2D eigenvalue weighted by Crippen LogP contribution is 2.31. The summed E-state index contributed by atoms with van der Waals surface area (Å²) in [5.41, 5.74) is 1.56. The van der Waals surface area contributed by atoms with Crippen LogP contribution >= 0.6 is 0 Å². The summed E-state index contributed by atoms with van der Waals surface area (Å²) >= 11 is 0. The smallest absolute Gasteiger partial charge is 0.310 e. The van der Waals surface area contributed by atoms with Gasteiger partial charge in [-0.05, 0) is 31.2 Å². The summed E-state index contributed by atoms with van der Waals surface area (Å²) in [7, 11) is 0. The molecule has 4 rings (SSSR count). The number of hydrogen-bond acceptors (Lipinski definition) is 6. The van der Waals surface area contributed by atoms with Crippen molar-refractivity contribution in [1.82, 2.24) is 0 Å². The zero-order valence-electron chi connectivity index (χ0n) is 16.1. The molecule has 0 bridgehead atoms. The maximum Gasteiger partial charge on any atom is 0.310 e. The Labute approximate surface area is 171 Å². The van der Waals surface area contributed by atoms with E-state index in [1.165, 1.54) is 11.8 Å². The first kappa shape index (κ1) is 19.4. The second-order valence-corrected chi connectivity index (χ2v) is 6.92. The van der Waals surface area contributed by atoms with Gasteiger partial charge in [0, 0.05) is 0 Å². The molecule has 0 fully saturated rings. The van der Waals surface area contributed by atoms with Crippen LogP contribution in [0.4, 0.5) is 17.1 Å². The number of fused-ring (bicyclic) bond motifs is 2. The van der Waals surface area contributed by atoms with Gasteiger partial charge in [0.15, 0.2) is 12.2 Å². The van der Waals surface area contributed by atoms with Crippen LogP contribution in [0.1, 0.15) is 13.3 Å². The van der Waals surface area contributed by atoms with Gasteiger partial charge in [-0.1, -0.05) is 24.3 Å². The van der Waals surface area contributed by atoms with Crippen molar-refractivity contribution in [2.75, 3.05) is 22.1 Å². The van der Waals surface area contributed by atoms with E-state index in [1.54, 1.807) is 48.5 Å². The van der Waals surface area contributed by atoms with Gasteiger partial charge in [-0.15, -0.1) is 0 Å². The van der Waals surface area contributed by atoms with Crippen LogP contribution in [0, 0.1) is 0 Å². The van der Waals surface area contributed by atoms with Crippen LogP contribution in [0.2, 0.25) is 0 Å². The van der Waals surface area contributed by atoms with E-state index >= 15 is 0 Å². The highest BCUT2D eigenvalue weighted by atomic mass is 16.6. The molecule has 0 aliphatic carbocycles. The van der Waals surface area contributed by atoms with E-state index in [0.717, 1.165) is 0 Å². The summed E-state index contributed by atoms with van der Waals surface area (Å²) in [5, 5.41) is 5.36. The number of amides is 3. The average Bonchev–Trinajstić information content (AvgIpc) is 2.73. The largest absolute Gasteiger partial charge is 0.478 e. The molecule has 2 aromatic rings. The van der Waals surface area contributed by atoms with Crippen molar-refractivity contribution < 1.29 is 28.7 Å². The summed E-state index contributed by atoms with van der Waals surface area (Å²) in [6.07, 6.45) is -2.55. The van der Waals surface area contributed by atoms with E-state index in [-0.39, 0.29) is 18.9 Å². The second-order valence-electron chi connectivity index (χ2n) is 6.92. The third-order valence-electron chi connectivity index (χ3n) is 4.75. The fourth-order valence-corrected chi connectivity index (χ4v) is 3.32. The molecule has 2 heterocycles. The highest BCUT2D eigenvalue weighted by Gasteiger charge is 2.34. The lowest BCUT2D eigenvalue weighted by Crippen LogP contribution is -2.47. The zero-order valence-corrected chi connectivity index (χ0v) is 16.1. The normalized spacial score (nSPS) is 18.2. The molecule has 2 aliphatic rings. The predicted molar refractivity (Wildman–Crippen MR) is 107 cm³/mol. The first-order valence-electron chi connectivity index (χ1n) is 9.38. The third kappa shape index (κ3) is 3.82. The number of carbonyl (C=O) groups is 4. The number of rotatable bonds is 4. The monoisotopic (exact) mass is 409 g/mol. The molecule has 154 valence electrons. The number of nitrogens with zero attached hydrogens (tertiary/aromatic N) is 1. The van der Waals surface area contributed by atoms with Crippen molar-refractivity contribution in [2.45, 2.75) is 25.6 Å². The summed E-state index contributed by atoms with van der Waals surface area (Å²) in [4.78, 5) is 50.5. The van der Waals surface area contributed by atoms with Crippen LogP contribution < -0.4 is 20.3 Å². The summed E-state index contributed by atoms with van der Waals surface area (Å²) < 4.78 is 10.8. The van der Waals surface area contributed by atoms with Crippen LogP contribution in [-0.4, -0.2) is 42.4 Å². The molecule has 0 aromatic heterocycles. The van der Waals surface area contributed by atoms with Gasteiger partial charge in [0.1, 0.15) is 12.3 Å². The Bertz CT molecular complexity index is 1040. The molecular formula is C21H19N3O6.